The van der Waals surface area contributed by atoms with Crippen molar-refractivity contribution in [3.8, 4) is 0 Å². The number of hydrogen-bond acceptors (Lipinski definition) is 3. The van der Waals surface area contributed by atoms with E-state index in [0.717, 1.165) is 12.1 Å². The Kier molecular flexibility index (Phi) is 2.41. The highest BCUT2D eigenvalue weighted by atomic mass is 19.3. The van der Waals surface area contributed by atoms with Crippen molar-refractivity contribution >= 4 is 11.8 Å². The van der Waals surface area contributed by atoms with Crippen LogP contribution in [-0.2, 0) is 0 Å². The summed E-state index contributed by atoms with van der Waals surface area (Å²) in [6, 6.07) is 1.82. The number of halogens is 2. The summed E-state index contributed by atoms with van der Waals surface area (Å²) in [6.45, 7) is 0. The van der Waals surface area contributed by atoms with E-state index in [4.69, 9.17) is 10.8 Å². The standard InChI is InChI=1S/C7H6F2N2O2/c8-6(9)4-1-3(7(12)13)2-5(10)11-4/h1-2,6H,(H2,10,11)(H,12,13). The molecule has 0 saturated heterocycles. The molecule has 1 heterocycles. The van der Waals surface area contributed by atoms with Crippen LogP contribution in [0.15, 0.2) is 12.1 Å². The molecule has 0 bridgehead atoms. The highest BCUT2D eigenvalue weighted by Gasteiger charge is 2.13. The Hall–Kier alpha value is -1.72. The number of pyridine rings is 1. The molecule has 0 aliphatic carbocycles. The lowest BCUT2D eigenvalue weighted by Crippen LogP contribution is -2.03. The first-order valence-electron chi connectivity index (χ1n) is 3.29. The largest absolute Gasteiger partial charge is 0.478 e. The number of carboxylic acid groups (broad SMARTS) is 1. The Morgan fingerprint density at radius 3 is 2.62 bits per heavy atom. The minimum Gasteiger partial charge on any atom is -0.478 e. The number of anilines is 1. The van der Waals surface area contributed by atoms with Crippen LogP contribution in [0.3, 0.4) is 0 Å². The average molecular weight is 188 g/mol. The van der Waals surface area contributed by atoms with Gasteiger partial charge in [0.15, 0.2) is 0 Å². The van der Waals surface area contributed by atoms with Crippen molar-refractivity contribution in [2.75, 3.05) is 5.73 Å². The molecule has 1 aromatic rings. The molecule has 0 amide bonds. The van der Waals surface area contributed by atoms with Crippen LogP contribution in [-0.4, -0.2) is 16.1 Å². The molecule has 0 atom stereocenters. The Morgan fingerprint density at radius 1 is 1.54 bits per heavy atom. The summed E-state index contributed by atoms with van der Waals surface area (Å²) in [5, 5.41) is 8.49. The number of nitrogens with two attached hydrogens (primary N) is 1. The molecule has 0 aromatic carbocycles. The van der Waals surface area contributed by atoms with E-state index in [1.807, 2.05) is 0 Å². The van der Waals surface area contributed by atoms with E-state index in [1.165, 1.54) is 0 Å². The molecule has 0 fully saturated rings. The quantitative estimate of drug-likeness (QED) is 0.733. The SMILES string of the molecule is Nc1cc(C(=O)O)cc(C(F)F)n1. The number of nitrogens with zero attached hydrogens (tertiary/aromatic N) is 1. The number of hydrogen-bond donors (Lipinski definition) is 2. The van der Waals surface area contributed by atoms with Crippen LogP contribution in [0.5, 0.6) is 0 Å². The van der Waals surface area contributed by atoms with Gasteiger partial charge in [-0.15, -0.1) is 0 Å². The fourth-order valence-corrected chi connectivity index (χ4v) is 0.809. The van der Waals surface area contributed by atoms with Gasteiger partial charge in [-0.1, -0.05) is 0 Å². The Balaban J connectivity index is 3.19. The van der Waals surface area contributed by atoms with E-state index < -0.39 is 18.1 Å². The number of aromatic nitrogens is 1. The van der Waals surface area contributed by atoms with Gasteiger partial charge >= 0.3 is 5.97 Å². The van der Waals surface area contributed by atoms with Crippen LogP contribution in [0.1, 0.15) is 22.5 Å². The van der Waals surface area contributed by atoms with Gasteiger partial charge in [-0.25, -0.2) is 18.6 Å². The Bertz CT molecular complexity index is 341. The van der Waals surface area contributed by atoms with E-state index in [1.54, 1.807) is 0 Å². The number of carboxylic acids is 1. The Morgan fingerprint density at radius 2 is 2.15 bits per heavy atom. The number of rotatable bonds is 2. The molecule has 13 heavy (non-hydrogen) atoms. The highest BCUT2D eigenvalue weighted by molar-refractivity contribution is 5.88. The van der Waals surface area contributed by atoms with Crippen molar-refractivity contribution < 1.29 is 18.7 Å². The van der Waals surface area contributed by atoms with Gasteiger partial charge in [-0.2, -0.15) is 0 Å². The zero-order chi connectivity index (χ0) is 10.0. The maximum atomic E-state index is 12.1. The number of aromatic carboxylic acids is 1. The first-order chi connectivity index (χ1) is 6.00. The van der Waals surface area contributed by atoms with Gasteiger partial charge in [0.2, 0.25) is 0 Å². The minimum atomic E-state index is -2.82. The summed E-state index contributed by atoms with van der Waals surface area (Å²) in [4.78, 5) is 13.7. The summed E-state index contributed by atoms with van der Waals surface area (Å²) < 4.78 is 24.2. The summed E-state index contributed by atoms with van der Waals surface area (Å²) in [5.41, 5.74) is 4.21. The fraction of sp³-hybridized carbons (Fsp3) is 0.143. The maximum absolute atomic E-state index is 12.1. The molecule has 0 spiro atoms. The van der Waals surface area contributed by atoms with E-state index in [0.29, 0.717) is 0 Å². The molecule has 70 valence electrons. The third kappa shape index (κ3) is 2.11. The van der Waals surface area contributed by atoms with Crippen LogP contribution in [0.2, 0.25) is 0 Å². The first-order valence-corrected chi connectivity index (χ1v) is 3.29. The van der Waals surface area contributed by atoms with Gasteiger partial charge < -0.3 is 10.8 Å². The van der Waals surface area contributed by atoms with Crippen LogP contribution in [0, 0.1) is 0 Å². The van der Waals surface area contributed by atoms with Crippen LogP contribution in [0.4, 0.5) is 14.6 Å². The van der Waals surface area contributed by atoms with E-state index in [9.17, 15) is 13.6 Å². The van der Waals surface area contributed by atoms with Crippen LogP contribution >= 0.6 is 0 Å². The van der Waals surface area contributed by atoms with Crippen LogP contribution in [0.25, 0.3) is 0 Å². The second-order valence-corrected chi connectivity index (χ2v) is 2.31. The molecular formula is C7H6F2N2O2. The van der Waals surface area contributed by atoms with E-state index in [2.05, 4.69) is 4.98 Å². The van der Waals surface area contributed by atoms with Crippen LogP contribution < -0.4 is 5.73 Å². The van der Waals surface area contributed by atoms with Gasteiger partial charge in [0.05, 0.1) is 5.56 Å². The number of nitrogen functional groups attached to an aromatic ring is 1. The minimum absolute atomic E-state index is 0.227. The molecule has 1 aromatic heterocycles. The molecular weight excluding hydrogens is 182 g/mol. The van der Waals surface area contributed by atoms with Gasteiger partial charge in [0.25, 0.3) is 6.43 Å². The van der Waals surface area contributed by atoms with Gasteiger partial charge in [-0.05, 0) is 12.1 Å². The lowest BCUT2D eigenvalue weighted by Gasteiger charge is -2.01. The maximum Gasteiger partial charge on any atom is 0.335 e. The van der Waals surface area contributed by atoms with E-state index in [-0.39, 0.29) is 11.4 Å². The van der Waals surface area contributed by atoms with Crippen molar-refractivity contribution in [1.29, 1.82) is 0 Å². The molecule has 3 N–H and O–H groups in total. The molecule has 0 aliphatic rings. The molecule has 4 nitrogen and oxygen atoms in total. The van der Waals surface area contributed by atoms with Gasteiger partial charge in [0, 0.05) is 0 Å². The zero-order valence-electron chi connectivity index (χ0n) is 6.37. The van der Waals surface area contributed by atoms with Crippen molar-refractivity contribution in [3.63, 3.8) is 0 Å². The fourth-order valence-electron chi connectivity index (χ4n) is 0.809. The molecule has 0 aliphatic heterocycles. The second-order valence-electron chi connectivity index (χ2n) is 2.31. The second kappa shape index (κ2) is 3.34. The smallest absolute Gasteiger partial charge is 0.335 e. The predicted molar refractivity (Wildman–Crippen MR) is 40.6 cm³/mol. The average Bonchev–Trinajstić information content (AvgIpc) is 2.03. The molecule has 1 rings (SSSR count). The van der Waals surface area contributed by atoms with Crippen molar-refractivity contribution in [2.45, 2.75) is 6.43 Å². The summed E-state index contributed by atoms with van der Waals surface area (Å²) in [6.07, 6.45) is -2.82. The molecule has 0 unspecified atom stereocenters. The topological polar surface area (TPSA) is 76.2 Å². The van der Waals surface area contributed by atoms with Crippen molar-refractivity contribution in [3.05, 3.63) is 23.4 Å². The third-order valence-electron chi connectivity index (χ3n) is 1.34. The normalized spacial score (nSPS) is 10.4. The molecule has 0 saturated carbocycles. The zero-order valence-corrected chi connectivity index (χ0v) is 6.37. The summed E-state index contributed by atoms with van der Waals surface area (Å²) in [7, 11) is 0. The monoisotopic (exact) mass is 188 g/mol. The molecule has 6 heteroatoms. The lowest BCUT2D eigenvalue weighted by atomic mass is 10.2. The summed E-state index contributed by atoms with van der Waals surface area (Å²) >= 11 is 0. The predicted octanol–water partition coefficient (Wildman–Crippen LogP) is 1.30. The van der Waals surface area contributed by atoms with E-state index >= 15 is 0 Å². The number of carbonyl (C=O) groups is 1. The summed E-state index contributed by atoms with van der Waals surface area (Å²) in [5.74, 6) is -1.54. The van der Waals surface area contributed by atoms with Gasteiger partial charge in [-0.3, -0.25) is 0 Å². The highest BCUT2D eigenvalue weighted by Crippen LogP contribution is 2.19. The first kappa shape index (κ1) is 9.37. The lowest BCUT2D eigenvalue weighted by molar-refractivity contribution is 0.0696. The van der Waals surface area contributed by atoms with Gasteiger partial charge in [0.1, 0.15) is 11.5 Å². The number of alkyl halides is 2. The van der Waals surface area contributed by atoms with Crippen molar-refractivity contribution in [2.24, 2.45) is 0 Å². The molecule has 0 radical (unpaired) electrons. The Labute approximate surface area is 72.0 Å². The van der Waals surface area contributed by atoms with Crippen molar-refractivity contribution in [1.82, 2.24) is 4.98 Å². The third-order valence-corrected chi connectivity index (χ3v) is 1.34.